The van der Waals surface area contributed by atoms with Crippen LogP contribution in [0.5, 0.6) is 5.75 Å². The number of ether oxygens (including phenoxy) is 1. The van der Waals surface area contributed by atoms with Gasteiger partial charge in [0, 0.05) is 0 Å². The third-order valence-corrected chi connectivity index (χ3v) is 4.41. The Kier molecular flexibility index (Phi) is 3.76. The number of hydrogen-bond donors (Lipinski definition) is 0. The summed E-state index contributed by atoms with van der Waals surface area (Å²) in [5.74, 6) is 0.876. The number of benzene rings is 2. The van der Waals surface area contributed by atoms with Gasteiger partial charge in [0.05, 0.1) is 7.11 Å². The largest absolute Gasteiger partial charge is 0.497 e. The molecule has 0 fully saturated rings. The molecule has 4 rings (SSSR count). The summed E-state index contributed by atoms with van der Waals surface area (Å²) < 4.78 is 5.27. The fraction of sp³-hybridized carbons (Fsp3) is 0.0435. The van der Waals surface area contributed by atoms with Gasteiger partial charge in [-0.2, -0.15) is 0 Å². The second kappa shape index (κ2) is 6.21. The molecule has 24 heavy (non-hydrogen) atoms. The van der Waals surface area contributed by atoms with Crippen LogP contribution < -0.4 is 4.74 Å². The van der Waals surface area contributed by atoms with E-state index in [2.05, 4.69) is 78.9 Å². The minimum Gasteiger partial charge on any atom is -0.497 e. The molecule has 116 valence electrons. The van der Waals surface area contributed by atoms with Crippen LogP contribution in [-0.4, -0.2) is 7.11 Å². The van der Waals surface area contributed by atoms with Gasteiger partial charge in [-0.25, -0.2) is 0 Å². The van der Waals surface area contributed by atoms with Gasteiger partial charge >= 0.3 is 0 Å². The summed E-state index contributed by atoms with van der Waals surface area (Å²) in [6, 6.07) is 31.9. The van der Waals surface area contributed by atoms with Crippen LogP contribution in [0.4, 0.5) is 0 Å². The van der Waals surface area contributed by atoms with Gasteiger partial charge in [0.15, 0.2) is 0 Å². The predicted molar refractivity (Wildman–Crippen MR) is 100 cm³/mol. The number of rotatable bonds is 3. The summed E-state index contributed by atoms with van der Waals surface area (Å²) in [6.07, 6.45) is 0. The van der Waals surface area contributed by atoms with E-state index in [0.29, 0.717) is 0 Å². The van der Waals surface area contributed by atoms with Crippen molar-refractivity contribution >= 4 is 0 Å². The van der Waals surface area contributed by atoms with E-state index >= 15 is 0 Å². The molecule has 2 aliphatic rings. The van der Waals surface area contributed by atoms with Crippen LogP contribution in [0.1, 0.15) is 0 Å². The number of methoxy groups -OCH3 is 1. The Morgan fingerprint density at radius 1 is 0.458 bits per heavy atom. The van der Waals surface area contributed by atoms with Gasteiger partial charge < -0.3 is 4.74 Å². The lowest BCUT2D eigenvalue weighted by molar-refractivity contribution is 0.415. The highest BCUT2D eigenvalue weighted by molar-refractivity contribution is 5.84. The minimum atomic E-state index is 0.876. The molecule has 2 aromatic carbocycles. The standard InChI is InChI=1S/C23H18O/c1-24-21-15-13-20(14-16-21)23-8-3-2-7-22(23)19-11-9-17-5-4-6-18(17)10-12-19/h2-16H,1H3. The lowest BCUT2D eigenvalue weighted by Gasteiger charge is -2.10. The van der Waals surface area contributed by atoms with Crippen LogP contribution >= 0.6 is 0 Å². The summed E-state index contributed by atoms with van der Waals surface area (Å²) >= 11 is 0. The van der Waals surface area contributed by atoms with Crippen LogP contribution in [-0.2, 0) is 0 Å². The van der Waals surface area contributed by atoms with Crippen LogP contribution in [0.25, 0.3) is 33.4 Å². The van der Waals surface area contributed by atoms with Crippen molar-refractivity contribution in [1.82, 2.24) is 0 Å². The van der Waals surface area contributed by atoms with Crippen molar-refractivity contribution in [3.8, 4) is 39.1 Å². The van der Waals surface area contributed by atoms with Gasteiger partial charge in [0.1, 0.15) is 5.75 Å². The number of fused-ring (bicyclic) bond motifs is 1. The fourth-order valence-corrected chi connectivity index (χ4v) is 3.10. The van der Waals surface area contributed by atoms with Crippen molar-refractivity contribution in [1.29, 1.82) is 0 Å². The second-order valence-corrected chi connectivity index (χ2v) is 5.83. The topological polar surface area (TPSA) is 9.23 Å². The van der Waals surface area contributed by atoms with Crippen molar-refractivity contribution in [3.05, 3.63) is 91.0 Å². The van der Waals surface area contributed by atoms with Gasteiger partial charge in [0.25, 0.3) is 0 Å². The molecule has 0 saturated carbocycles. The van der Waals surface area contributed by atoms with Gasteiger partial charge in [-0.3, -0.25) is 0 Å². The highest BCUT2D eigenvalue weighted by atomic mass is 16.5. The molecule has 0 radical (unpaired) electrons. The molecule has 0 unspecified atom stereocenters. The average Bonchev–Trinajstić information content (AvgIpc) is 3.00. The first-order chi connectivity index (χ1) is 11.8. The van der Waals surface area contributed by atoms with Crippen molar-refractivity contribution in [3.63, 3.8) is 0 Å². The monoisotopic (exact) mass is 310 g/mol. The Labute approximate surface area is 142 Å². The van der Waals surface area contributed by atoms with E-state index in [4.69, 9.17) is 4.74 Å². The third kappa shape index (κ3) is 2.65. The van der Waals surface area contributed by atoms with E-state index in [-0.39, 0.29) is 0 Å². The first-order valence-corrected chi connectivity index (χ1v) is 8.08. The van der Waals surface area contributed by atoms with Crippen molar-refractivity contribution in [2.24, 2.45) is 0 Å². The molecular formula is C23H18O. The zero-order valence-electron chi connectivity index (χ0n) is 13.6. The van der Waals surface area contributed by atoms with Gasteiger partial charge in [-0.1, -0.05) is 78.9 Å². The smallest absolute Gasteiger partial charge is 0.118 e. The van der Waals surface area contributed by atoms with E-state index in [0.717, 1.165) is 5.75 Å². The van der Waals surface area contributed by atoms with Crippen LogP contribution in [0.3, 0.4) is 0 Å². The highest BCUT2D eigenvalue weighted by Gasteiger charge is 2.08. The molecule has 0 bridgehead atoms. The van der Waals surface area contributed by atoms with Crippen LogP contribution in [0.15, 0.2) is 91.0 Å². The summed E-state index contributed by atoms with van der Waals surface area (Å²) in [5.41, 5.74) is 7.41. The highest BCUT2D eigenvalue weighted by Crippen LogP contribution is 2.34. The Hall–Kier alpha value is -3.06. The maximum atomic E-state index is 5.27. The Bertz CT molecular complexity index is 907. The molecule has 0 aliphatic heterocycles. The fourth-order valence-electron chi connectivity index (χ4n) is 3.10. The van der Waals surface area contributed by atoms with Crippen molar-refractivity contribution in [2.75, 3.05) is 7.11 Å². The van der Waals surface area contributed by atoms with Crippen molar-refractivity contribution in [2.45, 2.75) is 0 Å². The first-order valence-electron chi connectivity index (χ1n) is 8.08. The third-order valence-electron chi connectivity index (χ3n) is 4.41. The molecule has 2 aliphatic carbocycles. The predicted octanol–water partition coefficient (Wildman–Crippen LogP) is 6.13. The van der Waals surface area contributed by atoms with Gasteiger partial charge in [-0.15, -0.1) is 0 Å². The minimum absolute atomic E-state index is 0.876. The van der Waals surface area contributed by atoms with E-state index in [1.165, 1.54) is 33.4 Å². The summed E-state index contributed by atoms with van der Waals surface area (Å²) in [5, 5.41) is 0. The van der Waals surface area contributed by atoms with E-state index in [1.807, 2.05) is 12.1 Å². The summed E-state index contributed by atoms with van der Waals surface area (Å²) in [7, 11) is 1.69. The Balaban J connectivity index is 1.84. The molecule has 0 atom stereocenters. The zero-order valence-corrected chi connectivity index (χ0v) is 13.6. The summed E-state index contributed by atoms with van der Waals surface area (Å²) in [4.78, 5) is 0. The first kappa shape index (κ1) is 14.5. The molecule has 1 nitrogen and oxygen atoms in total. The van der Waals surface area contributed by atoms with E-state index < -0.39 is 0 Å². The SMILES string of the molecule is COc1ccc(-c2ccccc2-c2ccc3cccc-3cc2)cc1. The molecule has 0 aromatic heterocycles. The number of hydrogen-bond acceptors (Lipinski definition) is 1. The van der Waals surface area contributed by atoms with E-state index in [1.54, 1.807) is 7.11 Å². The molecule has 2 aromatic rings. The van der Waals surface area contributed by atoms with E-state index in [9.17, 15) is 0 Å². The van der Waals surface area contributed by atoms with Gasteiger partial charge in [-0.05, 0) is 45.5 Å². The normalized spacial score (nSPS) is 10.7. The molecule has 0 saturated heterocycles. The Morgan fingerprint density at radius 2 is 0.917 bits per heavy atom. The average molecular weight is 310 g/mol. The lowest BCUT2D eigenvalue weighted by Crippen LogP contribution is -1.85. The maximum Gasteiger partial charge on any atom is 0.118 e. The summed E-state index contributed by atoms with van der Waals surface area (Å²) in [6.45, 7) is 0. The zero-order chi connectivity index (χ0) is 16.4. The molecule has 0 N–H and O–H groups in total. The molecular weight excluding hydrogens is 292 g/mol. The maximum absolute atomic E-state index is 5.27. The van der Waals surface area contributed by atoms with Crippen molar-refractivity contribution < 1.29 is 4.74 Å². The molecule has 1 heteroatoms. The molecule has 0 spiro atoms. The second-order valence-electron chi connectivity index (χ2n) is 5.83. The van der Waals surface area contributed by atoms with Crippen LogP contribution in [0.2, 0.25) is 0 Å². The quantitative estimate of drug-likeness (QED) is 0.442. The van der Waals surface area contributed by atoms with Gasteiger partial charge in [0.2, 0.25) is 0 Å². The molecule has 0 heterocycles. The van der Waals surface area contributed by atoms with Crippen LogP contribution in [0, 0.1) is 0 Å². The Morgan fingerprint density at radius 3 is 1.42 bits per heavy atom. The lowest BCUT2D eigenvalue weighted by atomic mass is 9.95. The molecule has 0 amide bonds.